The van der Waals surface area contributed by atoms with Gasteiger partial charge in [-0.1, -0.05) is 23.5 Å². The largest absolute Gasteiger partial charge is 0.497 e. The SMILES string of the molecule is COc1ccc2nc(NC(=O)C[NH+]3CCC(c4nc5ccccc5s4)CC3)sc2c1. The second-order valence-electron chi connectivity index (χ2n) is 7.62. The molecule has 2 aromatic heterocycles. The van der Waals surface area contributed by atoms with Gasteiger partial charge in [0.1, 0.15) is 5.75 Å². The van der Waals surface area contributed by atoms with E-state index in [1.807, 2.05) is 35.6 Å². The number of likely N-dealkylation sites (tertiary alicyclic amines) is 1. The molecular weight excluding hydrogens is 416 g/mol. The Labute approximate surface area is 182 Å². The highest BCUT2D eigenvalue weighted by molar-refractivity contribution is 7.22. The standard InChI is InChI=1S/C22H22N4O2S2/c1-28-15-6-7-17-19(12-15)30-22(24-17)25-20(27)13-26-10-8-14(9-11-26)21-23-16-4-2-3-5-18(16)29-21/h2-7,12,14H,8-11,13H2,1H3,(H,24,25,27)/p+1. The van der Waals surface area contributed by atoms with Gasteiger partial charge in [-0.05, 0) is 30.3 Å². The summed E-state index contributed by atoms with van der Waals surface area (Å²) in [7, 11) is 1.65. The van der Waals surface area contributed by atoms with Crippen LogP contribution in [0.3, 0.4) is 0 Å². The Bertz CT molecular complexity index is 1160. The molecule has 0 aliphatic carbocycles. The zero-order chi connectivity index (χ0) is 20.5. The molecule has 2 N–H and O–H groups in total. The van der Waals surface area contributed by atoms with Gasteiger partial charge in [0.05, 0.1) is 45.6 Å². The van der Waals surface area contributed by atoms with Crippen LogP contribution in [0.2, 0.25) is 0 Å². The molecule has 5 rings (SSSR count). The number of amides is 1. The number of piperidine rings is 1. The molecule has 0 radical (unpaired) electrons. The number of rotatable bonds is 5. The zero-order valence-corrected chi connectivity index (χ0v) is 18.3. The molecular formula is C22H23N4O2S2+. The van der Waals surface area contributed by atoms with Crippen LogP contribution in [-0.2, 0) is 4.79 Å². The van der Waals surface area contributed by atoms with Crippen LogP contribution >= 0.6 is 22.7 Å². The van der Waals surface area contributed by atoms with Crippen molar-refractivity contribution >= 4 is 54.1 Å². The van der Waals surface area contributed by atoms with E-state index < -0.39 is 0 Å². The molecule has 1 aliphatic heterocycles. The number of hydrogen-bond donors (Lipinski definition) is 2. The molecule has 1 fully saturated rings. The van der Waals surface area contributed by atoms with E-state index in [0.29, 0.717) is 17.6 Å². The molecule has 0 atom stereocenters. The lowest BCUT2D eigenvalue weighted by Crippen LogP contribution is -3.14. The van der Waals surface area contributed by atoms with Crippen molar-refractivity contribution in [3.05, 3.63) is 47.5 Å². The molecule has 4 aromatic rings. The first-order valence-corrected chi connectivity index (χ1v) is 11.7. The topological polar surface area (TPSA) is 68.5 Å². The quantitative estimate of drug-likeness (QED) is 0.501. The maximum absolute atomic E-state index is 12.5. The van der Waals surface area contributed by atoms with Crippen LogP contribution in [0.25, 0.3) is 20.4 Å². The normalized spacial score (nSPS) is 19.2. The number of hydrogen-bond acceptors (Lipinski definition) is 6. The predicted octanol–water partition coefficient (Wildman–Crippen LogP) is 3.32. The van der Waals surface area contributed by atoms with Gasteiger partial charge in [-0.2, -0.15) is 0 Å². The lowest BCUT2D eigenvalue weighted by atomic mass is 9.97. The third kappa shape index (κ3) is 4.03. The molecule has 1 saturated heterocycles. The number of methoxy groups -OCH3 is 1. The molecule has 154 valence electrons. The number of anilines is 1. The Morgan fingerprint density at radius 2 is 1.90 bits per heavy atom. The van der Waals surface area contributed by atoms with Crippen LogP contribution in [0.4, 0.5) is 5.13 Å². The maximum Gasteiger partial charge on any atom is 0.281 e. The Balaban J connectivity index is 1.16. The number of carbonyl (C=O) groups is 1. The molecule has 8 heteroatoms. The first kappa shape index (κ1) is 19.4. The lowest BCUT2D eigenvalue weighted by molar-refractivity contribution is -0.897. The number of aromatic nitrogens is 2. The van der Waals surface area contributed by atoms with E-state index in [4.69, 9.17) is 9.72 Å². The molecule has 2 aromatic carbocycles. The minimum Gasteiger partial charge on any atom is -0.497 e. The number of quaternary nitrogens is 1. The van der Waals surface area contributed by atoms with Gasteiger partial charge in [0.2, 0.25) is 0 Å². The fourth-order valence-corrected chi connectivity index (χ4v) is 6.04. The third-order valence-electron chi connectivity index (χ3n) is 5.60. The number of thiazole rings is 2. The second-order valence-corrected chi connectivity index (χ2v) is 9.71. The number of fused-ring (bicyclic) bond motifs is 2. The van der Waals surface area contributed by atoms with Crippen LogP contribution in [0.15, 0.2) is 42.5 Å². The summed E-state index contributed by atoms with van der Waals surface area (Å²) in [5, 5.41) is 4.86. The summed E-state index contributed by atoms with van der Waals surface area (Å²) < 4.78 is 7.52. The van der Waals surface area contributed by atoms with Crippen molar-refractivity contribution < 1.29 is 14.4 Å². The number of ether oxygens (including phenoxy) is 1. The number of nitrogens with one attached hydrogen (secondary N) is 2. The van der Waals surface area contributed by atoms with E-state index in [1.165, 1.54) is 25.9 Å². The van der Waals surface area contributed by atoms with Crippen molar-refractivity contribution in [2.45, 2.75) is 18.8 Å². The Kier molecular flexibility index (Phi) is 5.37. The van der Waals surface area contributed by atoms with E-state index in [2.05, 4.69) is 28.5 Å². The minimum atomic E-state index is 0.0226. The minimum absolute atomic E-state index is 0.0226. The van der Waals surface area contributed by atoms with Crippen molar-refractivity contribution in [2.24, 2.45) is 0 Å². The van der Waals surface area contributed by atoms with Crippen molar-refractivity contribution in [3.63, 3.8) is 0 Å². The van der Waals surface area contributed by atoms with Gasteiger partial charge in [0.15, 0.2) is 11.7 Å². The first-order valence-electron chi connectivity index (χ1n) is 10.1. The smallest absolute Gasteiger partial charge is 0.281 e. The van der Waals surface area contributed by atoms with Gasteiger partial charge < -0.3 is 9.64 Å². The lowest BCUT2D eigenvalue weighted by Gasteiger charge is -2.27. The summed E-state index contributed by atoms with van der Waals surface area (Å²) >= 11 is 3.29. The molecule has 3 heterocycles. The summed E-state index contributed by atoms with van der Waals surface area (Å²) in [5.74, 6) is 1.33. The molecule has 1 amide bonds. The van der Waals surface area contributed by atoms with Gasteiger partial charge in [-0.25, -0.2) is 9.97 Å². The number of benzene rings is 2. The van der Waals surface area contributed by atoms with E-state index in [0.717, 1.165) is 47.4 Å². The van der Waals surface area contributed by atoms with Gasteiger partial charge in [0.25, 0.3) is 5.91 Å². The molecule has 0 unspecified atom stereocenters. The van der Waals surface area contributed by atoms with Crippen molar-refractivity contribution in [3.8, 4) is 5.75 Å². The van der Waals surface area contributed by atoms with Crippen molar-refractivity contribution in [1.82, 2.24) is 9.97 Å². The van der Waals surface area contributed by atoms with Crippen molar-refractivity contribution in [1.29, 1.82) is 0 Å². The van der Waals surface area contributed by atoms with E-state index in [9.17, 15) is 4.79 Å². The van der Waals surface area contributed by atoms with Crippen LogP contribution in [0.1, 0.15) is 23.8 Å². The first-order chi connectivity index (χ1) is 14.7. The zero-order valence-electron chi connectivity index (χ0n) is 16.7. The Hall–Kier alpha value is -2.55. The molecule has 0 spiro atoms. The van der Waals surface area contributed by atoms with Crippen LogP contribution in [0.5, 0.6) is 5.75 Å². The summed E-state index contributed by atoms with van der Waals surface area (Å²) in [5.41, 5.74) is 1.97. The van der Waals surface area contributed by atoms with Crippen LogP contribution in [0, 0.1) is 0 Å². The van der Waals surface area contributed by atoms with Gasteiger partial charge in [-0.3, -0.25) is 10.1 Å². The average Bonchev–Trinajstić information content (AvgIpc) is 3.36. The highest BCUT2D eigenvalue weighted by atomic mass is 32.1. The monoisotopic (exact) mass is 439 g/mol. The molecule has 30 heavy (non-hydrogen) atoms. The fourth-order valence-electron chi connectivity index (χ4n) is 3.99. The predicted molar refractivity (Wildman–Crippen MR) is 122 cm³/mol. The van der Waals surface area contributed by atoms with E-state index >= 15 is 0 Å². The highest BCUT2D eigenvalue weighted by Crippen LogP contribution is 2.32. The van der Waals surface area contributed by atoms with Gasteiger partial charge in [0, 0.05) is 18.8 Å². The Morgan fingerprint density at radius 3 is 2.70 bits per heavy atom. The highest BCUT2D eigenvalue weighted by Gasteiger charge is 2.27. The summed E-state index contributed by atoms with van der Waals surface area (Å²) in [6.07, 6.45) is 2.15. The number of nitrogens with zero attached hydrogens (tertiary/aromatic N) is 2. The third-order valence-corrected chi connectivity index (χ3v) is 7.74. The van der Waals surface area contributed by atoms with Gasteiger partial charge >= 0.3 is 0 Å². The number of para-hydroxylation sites is 1. The molecule has 1 aliphatic rings. The maximum atomic E-state index is 12.5. The summed E-state index contributed by atoms with van der Waals surface area (Å²) in [6.45, 7) is 2.46. The average molecular weight is 440 g/mol. The van der Waals surface area contributed by atoms with Crippen LogP contribution < -0.4 is 15.0 Å². The van der Waals surface area contributed by atoms with E-state index in [1.54, 1.807) is 7.11 Å². The molecule has 0 saturated carbocycles. The summed E-state index contributed by atoms with van der Waals surface area (Å²) in [4.78, 5) is 23.2. The van der Waals surface area contributed by atoms with Crippen molar-refractivity contribution in [2.75, 3.05) is 32.1 Å². The van der Waals surface area contributed by atoms with Gasteiger partial charge in [-0.15, -0.1) is 11.3 Å². The summed E-state index contributed by atoms with van der Waals surface area (Å²) in [6, 6.07) is 14.1. The molecule has 6 nitrogen and oxygen atoms in total. The van der Waals surface area contributed by atoms with E-state index in [-0.39, 0.29) is 5.91 Å². The Morgan fingerprint density at radius 1 is 1.10 bits per heavy atom. The van der Waals surface area contributed by atoms with Crippen LogP contribution in [-0.4, -0.2) is 42.6 Å². The fraction of sp³-hybridized carbons (Fsp3) is 0.318. The second kappa shape index (κ2) is 8.29. The number of carbonyl (C=O) groups excluding carboxylic acids is 1. The molecule has 0 bridgehead atoms.